The minimum atomic E-state index is 0.631. The van der Waals surface area contributed by atoms with Gasteiger partial charge in [0.05, 0.1) is 12.4 Å². The summed E-state index contributed by atoms with van der Waals surface area (Å²) in [7, 11) is 1.87. The molecule has 0 bridgehead atoms. The van der Waals surface area contributed by atoms with E-state index in [0.29, 0.717) is 6.04 Å². The van der Waals surface area contributed by atoms with Crippen molar-refractivity contribution in [1.82, 2.24) is 9.97 Å². The average Bonchev–Trinajstić information content (AvgIpc) is 3.13. The van der Waals surface area contributed by atoms with Gasteiger partial charge in [-0.3, -0.25) is 4.98 Å². The molecule has 2 aromatic rings. The molecular weight excluding hydrogens is 244 g/mol. The Labute approximate surface area is 111 Å². The molecule has 1 saturated carbocycles. The third-order valence-electron chi connectivity index (χ3n) is 3.09. The van der Waals surface area contributed by atoms with E-state index >= 15 is 0 Å². The number of hydrogen-bond acceptors (Lipinski definition) is 5. The fourth-order valence-electron chi connectivity index (χ4n) is 1.98. The molecule has 4 nitrogen and oxygen atoms in total. The van der Waals surface area contributed by atoms with E-state index in [2.05, 4.69) is 37.0 Å². The van der Waals surface area contributed by atoms with Crippen molar-refractivity contribution in [2.45, 2.75) is 25.4 Å². The molecule has 0 saturated heterocycles. The number of aromatic nitrogens is 2. The smallest absolute Gasteiger partial charge is 0.150 e. The molecule has 5 heteroatoms. The van der Waals surface area contributed by atoms with E-state index in [-0.39, 0.29) is 0 Å². The Morgan fingerprint density at radius 2 is 2.33 bits per heavy atom. The topological polar surface area (TPSA) is 41.1 Å². The van der Waals surface area contributed by atoms with E-state index in [0.717, 1.165) is 18.2 Å². The van der Waals surface area contributed by atoms with Gasteiger partial charge in [0, 0.05) is 19.6 Å². The highest BCUT2D eigenvalue weighted by Crippen LogP contribution is 2.32. The van der Waals surface area contributed by atoms with Crippen LogP contribution in [0.1, 0.15) is 18.4 Å². The quantitative estimate of drug-likeness (QED) is 0.897. The largest absolute Gasteiger partial charge is 0.372 e. The summed E-state index contributed by atoms with van der Waals surface area (Å²) >= 11 is 1.74. The van der Waals surface area contributed by atoms with Crippen LogP contribution in [0.4, 0.5) is 11.6 Å². The molecule has 0 unspecified atom stereocenters. The Balaban J connectivity index is 1.84. The molecule has 0 radical (unpaired) electrons. The van der Waals surface area contributed by atoms with Crippen molar-refractivity contribution < 1.29 is 0 Å². The zero-order chi connectivity index (χ0) is 12.4. The van der Waals surface area contributed by atoms with Crippen LogP contribution in [0.5, 0.6) is 0 Å². The molecule has 1 fully saturated rings. The van der Waals surface area contributed by atoms with Gasteiger partial charge in [-0.05, 0) is 35.2 Å². The Hall–Kier alpha value is -1.62. The van der Waals surface area contributed by atoms with Gasteiger partial charge in [0.2, 0.25) is 0 Å². The van der Waals surface area contributed by atoms with Crippen molar-refractivity contribution >= 4 is 23.0 Å². The minimum Gasteiger partial charge on any atom is -0.372 e. The lowest BCUT2D eigenvalue weighted by Crippen LogP contribution is -2.26. The lowest BCUT2D eigenvalue weighted by atomic mass is 10.3. The van der Waals surface area contributed by atoms with Crippen LogP contribution in [0, 0.1) is 0 Å². The van der Waals surface area contributed by atoms with Crippen LogP contribution in [0.25, 0.3) is 0 Å². The van der Waals surface area contributed by atoms with Crippen LogP contribution < -0.4 is 10.2 Å². The zero-order valence-corrected chi connectivity index (χ0v) is 11.2. The van der Waals surface area contributed by atoms with Crippen molar-refractivity contribution in [2.24, 2.45) is 0 Å². The van der Waals surface area contributed by atoms with E-state index in [1.807, 2.05) is 13.2 Å². The van der Waals surface area contributed by atoms with Crippen LogP contribution in [-0.4, -0.2) is 23.1 Å². The predicted molar refractivity (Wildman–Crippen MR) is 75.1 cm³/mol. The van der Waals surface area contributed by atoms with Crippen LogP contribution in [0.15, 0.2) is 29.2 Å². The molecule has 3 rings (SSSR count). The summed E-state index contributed by atoms with van der Waals surface area (Å²) < 4.78 is 0. The van der Waals surface area contributed by atoms with Gasteiger partial charge in [0.15, 0.2) is 0 Å². The Bertz CT molecular complexity index is 507. The lowest BCUT2D eigenvalue weighted by molar-refractivity contribution is 0.777. The van der Waals surface area contributed by atoms with Crippen molar-refractivity contribution in [1.29, 1.82) is 0 Å². The second-order valence-corrected chi connectivity index (χ2v) is 5.28. The molecule has 94 valence electrons. The summed E-state index contributed by atoms with van der Waals surface area (Å²) in [5, 5.41) is 7.36. The second kappa shape index (κ2) is 4.94. The van der Waals surface area contributed by atoms with E-state index in [9.17, 15) is 0 Å². The fourth-order valence-corrected chi connectivity index (χ4v) is 2.64. The summed E-state index contributed by atoms with van der Waals surface area (Å²) in [6.45, 7) is 0.927. The zero-order valence-electron chi connectivity index (χ0n) is 10.3. The molecule has 2 aromatic heterocycles. The third kappa shape index (κ3) is 2.46. The van der Waals surface area contributed by atoms with E-state index in [1.165, 1.54) is 18.4 Å². The predicted octanol–water partition coefficient (Wildman–Crippen LogP) is 2.75. The van der Waals surface area contributed by atoms with Gasteiger partial charge in [-0.1, -0.05) is 0 Å². The molecule has 1 aliphatic rings. The summed E-state index contributed by atoms with van der Waals surface area (Å²) in [4.78, 5) is 11.2. The van der Waals surface area contributed by atoms with Gasteiger partial charge in [0.1, 0.15) is 11.6 Å². The standard InChI is InChI=1S/C13H16N4S/c1-14-12-6-15-7-13(16-12)17(11-2-3-11)8-10-4-5-18-9-10/h4-7,9,11H,2-3,8H2,1H3,(H,14,16). The molecule has 1 N–H and O–H groups in total. The summed E-state index contributed by atoms with van der Waals surface area (Å²) in [6, 6.07) is 2.81. The lowest BCUT2D eigenvalue weighted by Gasteiger charge is -2.23. The Kier molecular flexibility index (Phi) is 3.15. The van der Waals surface area contributed by atoms with Crippen LogP contribution in [0.2, 0.25) is 0 Å². The first-order valence-corrected chi connectivity index (χ1v) is 7.08. The Morgan fingerprint density at radius 3 is 3.00 bits per heavy atom. The van der Waals surface area contributed by atoms with E-state index in [1.54, 1.807) is 17.5 Å². The molecular formula is C13H16N4S. The highest BCUT2D eigenvalue weighted by molar-refractivity contribution is 7.07. The molecule has 0 spiro atoms. The molecule has 0 atom stereocenters. The van der Waals surface area contributed by atoms with Crippen molar-refractivity contribution in [3.8, 4) is 0 Å². The molecule has 0 amide bonds. The summed E-state index contributed by atoms with van der Waals surface area (Å²) in [5.41, 5.74) is 1.35. The Morgan fingerprint density at radius 1 is 1.44 bits per heavy atom. The first-order chi connectivity index (χ1) is 8.86. The molecule has 0 aliphatic heterocycles. The van der Waals surface area contributed by atoms with Gasteiger partial charge in [-0.2, -0.15) is 11.3 Å². The summed E-state index contributed by atoms with van der Waals surface area (Å²) in [5.74, 6) is 1.79. The van der Waals surface area contributed by atoms with E-state index < -0.39 is 0 Å². The fraction of sp³-hybridized carbons (Fsp3) is 0.385. The third-order valence-corrected chi connectivity index (χ3v) is 3.82. The maximum absolute atomic E-state index is 4.59. The molecule has 2 heterocycles. The first kappa shape index (κ1) is 11.5. The highest BCUT2D eigenvalue weighted by Gasteiger charge is 2.30. The van der Waals surface area contributed by atoms with Crippen molar-refractivity contribution in [3.05, 3.63) is 34.8 Å². The maximum atomic E-state index is 4.59. The molecule has 1 aliphatic carbocycles. The highest BCUT2D eigenvalue weighted by atomic mass is 32.1. The normalized spacial score (nSPS) is 14.5. The number of nitrogens with one attached hydrogen (secondary N) is 1. The monoisotopic (exact) mass is 260 g/mol. The number of thiophene rings is 1. The number of nitrogens with zero attached hydrogens (tertiary/aromatic N) is 3. The molecule has 0 aromatic carbocycles. The second-order valence-electron chi connectivity index (χ2n) is 4.50. The van der Waals surface area contributed by atoms with Gasteiger partial charge in [0.25, 0.3) is 0 Å². The number of hydrogen-bond donors (Lipinski definition) is 1. The average molecular weight is 260 g/mol. The van der Waals surface area contributed by atoms with Gasteiger partial charge in [-0.25, -0.2) is 4.98 Å². The van der Waals surface area contributed by atoms with E-state index in [4.69, 9.17) is 0 Å². The van der Waals surface area contributed by atoms with Crippen molar-refractivity contribution in [3.63, 3.8) is 0 Å². The van der Waals surface area contributed by atoms with Crippen LogP contribution in [-0.2, 0) is 6.54 Å². The molecule has 18 heavy (non-hydrogen) atoms. The minimum absolute atomic E-state index is 0.631. The number of rotatable bonds is 5. The number of anilines is 2. The van der Waals surface area contributed by atoms with Crippen molar-refractivity contribution in [2.75, 3.05) is 17.3 Å². The van der Waals surface area contributed by atoms with Crippen LogP contribution >= 0.6 is 11.3 Å². The van der Waals surface area contributed by atoms with Crippen LogP contribution in [0.3, 0.4) is 0 Å². The summed E-state index contributed by atoms with van der Waals surface area (Å²) in [6.07, 6.45) is 6.12. The maximum Gasteiger partial charge on any atom is 0.150 e. The van der Waals surface area contributed by atoms with Gasteiger partial charge in [-0.15, -0.1) is 0 Å². The van der Waals surface area contributed by atoms with Gasteiger partial charge >= 0.3 is 0 Å². The SMILES string of the molecule is CNc1cncc(N(Cc2ccsc2)C2CC2)n1. The first-order valence-electron chi connectivity index (χ1n) is 6.14. The van der Waals surface area contributed by atoms with Gasteiger partial charge < -0.3 is 10.2 Å².